The van der Waals surface area contributed by atoms with Gasteiger partial charge in [-0.05, 0) is 18.9 Å². The second-order valence-corrected chi connectivity index (χ2v) is 5.79. The molecule has 2 N–H and O–H groups in total. The first kappa shape index (κ1) is 16.0. The number of rotatable bonds is 5. The molecule has 2 rings (SSSR count). The standard InChI is InChI=1S/C17H27N3O/c1-3-16(13-18)19-9-11-20(12-10-19)17(21)14(2)15-7-5-4-6-8-15/h4-8,14,16H,3,9-13,18H2,1-2H3. The fraction of sp³-hybridized carbons (Fsp3) is 0.588. The van der Waals surface area contributed by atoms with E-state index in [-0.39, 0.29) is 11.8 Å². The van der Waals surface area contributed by atoms with Crippen molar-refractivity contribution >= 4 is 5.91 Å². The summed E-state index contributed by atoms with van der Waals surface area (Å²) >= 11 is 0. The summed E-state index contributed by atoms with van der Waals surface area (Å²) in [4.78, 5) is 17.0. The summed E-state index contributed by atoms with van der Waals surface area (Å²) in [6.45, 7) is 8.36. The smallest absolute Gasteiger partial charge is 0.229 e. The molecular weight excluding hydrogens is 262 g/mol. The number of carbonyl (C=O) groups excluding carboxylic acids is 1. The van der Waals surface area contributed by atoms with E-state index in [4.69, 9.17) is 5.73 Å². The third-order valence-electron chi connectivity index (χ3n) is 4.56. The van der Waals surface area contributed by atoms with Crippen LogP contribution in [-0.4, -0.2) is 54.5 Å². The quantitative estimate of drug-likeness (QED) is 0.897. The minimum Gasteiger partial charge on any atom is -0.340 e. The Labute approximate surface area is 127 Å². The molecule has 2 unspecified atom stereocenters. The fourth-order valence-corrected chi connectivity index (χ4v) is 3.04. The van der Waals surface area contributed by atoms with Crippen molar-refractivity contribution in [2.24, 2.45) is 5.73 Å². The Morgan fingerprint density at radius 2 is 1.81 bits per heavy atom. The normalized spacial score (nSPS) is 19.3. The van der Waals surface area contributed by atoms with Gasteiger partial charge in [-0.2, -0.15) is 0 Å². The minimum absolute atomic E-state index is 0.0609. The van der Waals surface area contributed by atoms with Crippen molar-refractivity contribution in [3.05, 3.63) is 35.9 Å². The monoisotopic (exact) mass is 289 g/mol. The van der Waals surface area contributed by atoms with Gasteiger partial charge in [0.2, 0.25) is 5.91 Å². The van der Waals surface area contributed by atoms with Crippen LogP contribution in [0, 0.1) is 0 Å². The molecule has 0 radical (unpaired) electrons. The average molecular weight is 289 g/mol. The van der Waals surface area contributed by atoms with E-state index in [9.17, 15) is 4.79 Å². The third-order valence-corrected chi connectivity index (χ3v) is 4.56. The summed E-state index contributed by atoms with van der Waals surface area (Å²) in [5, 5.41) is 0. The second-order valence-electron chi connectivity index (χ2n) is 5.79. The largest absolute Gasteiger partial charge is 0.340 e. The van der Waals surface area contributed by atoms with E-state index < -0.39 is 0 Å². The van der Waals surface area contributed by atoms with Crippen LogP contribution in [0.25, 0.3) is 0 Å². The molecule has 116 valence electrons. The summed E-state index contributed by atoms with van der Waals surface area (Å²) < 4.78 is 0. The van der Waals surface area contributed by atoms with Crippen molar-refractivity contribution < 1.29 is 4.79 Å². The first-order valence-electron chi connectivity index (χ1n) is 7.95. The Morgan fingerprint density at radius 1 is 1.19 bits per heavy atom. The highest BCUT2D eigenvalue weighted by Gasteiger charge is 2.27. The maximum atomic E-state index is 12.6. The van der Waals surface area contributed by atoms with Gasteiger partial charge in [0.05, 0.1) is 5.92 Å². The summed E-state index contributed by atoms with van der Waals surface area (Å²) in [5.41, 5.74) is 6.91. The Bertz CT molecular complexity index is 437. The summed E-state index contributed by atoms with van der Waals surface area (Å²) in [6.07, 6.45) is 1.07. The van der Waals surface area contributed by atoms with Crippen molar-refractivity contribution in [2.45, 2.75) is 32.2 Å². The van der Waals surface area contributed by atoms with Crippen molar-refractivity contribution in [3.8, 4) is 0 Å². The lowest BCUT2D eigenvalue weighted by atomic mass is 9.99. The number of nitrogens with zero attached hydrogens (tertiary/aromatic N) is 2. The molecular formula is C17H27N3O. The van der Waals surface area contributed by atoms with Gasteiger partial charge in [-0.3, -0.25) is 9.69 Å². The summed E-state index contributed by atoms with van der Waals surface area (Å²) in [5.74, 6) is 0.177. The highest BCUT2D eigenvalue weighted by molar-refractivity contribution is 5.83. The number of piperazine rings is 1. The predicted octanol–water partition coefficient (Wildman–Crippen LogP) is 1.67. The van der Waals surface area contributed by atoms with Crippen LogP contribution in [-0.2, 0) is 4.79 Å². The zero-order valence-corrected chi connectivity index (χ0v) is 13.2. The number of nitrogens with two attached hydrogens (primary N) is 1. The van der Waals surface area contributed by atoms with Crippen molar-refractivity contribution in [3.63, 3.8) is 0 Å². The van der Waals surface area contributed by atoms with Gasteiger partial charge >= 0.3 is 0 Å². The average Bonchev–Trinajstić information content (AvgIpc) is 2.56. The van der Waals surface area contributed by atoms with Gasteiger partial charge in [0, 0.05) is 38.8 Å². The molecule has 1 fully saturated rings. The van der Waals surface area contributed by atoms with Crippen LogP contribution in [0.15, 0.2) is 30.3 Å². The topological polar surface area (TPSA) is 49.6 Å². The number of benzene rings is 1. The van der Waals surface area contributed by atoms with E-state index in [1.807, 2.05) is 42.2 Å². The molecule has 21 heavy (non-hydrogen) atoms. The lowest BCUT2D eigenvalue weighted by molar-refractivity contribution is -0.134. The van der Waals surface area contributed by atoms with Crippen LogP contribution in [0.2, 0.25) is 0 Å². The molecule has 1 aromatic carbocycles. The van der Waals surface area contributed by atoms with Gasteiger partial charge in [-0.25, -0.2) is 0 Å². The summed E-state index contributed by atoms with van der Waals surface area (Å²) in [6, 6.07) is 10.5. The van der Waals surface area contributed by atoms with Crippen LogP contribution in [0.4, 0.5) is 0 Å². The molecule has 0 spiro atoms. The molecule has 1 aliphatic heterocycles. The van der Waals surface area contributed by atoms with E-state index >= 15 is 0 Å². The van der Waals surface area contributed by atoms with E-state index in [1.54, 1.807) is 0 Å². The molecule has 1 amide bonds. The van der Waals surface area contributed by atoms with Crippen LogP contribution >= 0.6 is 0 Å². The Hall–Kier alpha value is -1.39. The second kappa shape index (κ2) is 7.57. The molecule has 4 heteroatoms. The Balaban J connectivity index is 1.91. The summed E-state index contributed by atoms with van der Waals surface area (Å²) in [7, 11) is 0. The Kier molecular flexibility index (Phi) is 5.76. The van der Waals surface area contributed by atoms with E-state index in [0.717, 1.165) is 38.2 Å². The zero-order chi connectivity index (χ0) is 15.2. The van der Waals surface area contributed by atoms with Gasteiger partial charge in [0.15, 0.2) is 0 Å². The third kappa shape index (κ3) is 3.83. The zero-order valence-electron chi connectivity index (χ0n) is 13.2. The molecule has 0 aromatic heterocycles. The van der Waals surface area contributed by atoms with Crippen molar-refractivity contribution in [2.75, 3.05) is 32.7 Å². The Morgan fingerprint density at radius 3 is 2.33 bits per heavy atom. The van der Waals surface area contributed by atoms with Crippen molar-refractivity contribution in [1.29, 1.82) is 0 Å². The van der Waals surface area contributed by atoms with Crippen LogP contribution < -0.4 is 5.73 Å². The number of amides is 1. The molecule has 1 aromatic rings. The van der Waals surface area contributed by atoms with Gasteiger partial charge in [-0.1, -0.05) is 37.3 Å². The number of hydrogen-bond donors (Lipinski definition) is 1. The van der Waals surface area contributed by atoms with E-state index in [2.05, 4.69) is 11.8 Å². The molecule has 2 atom stereocenters. The lowest BCUT2D eigenvalue weighted by Crippen LogP contribution is -2.54. The van der Waals surface area contributed by atoms with E-state index in [0.29, 0.717) is 12.6 Å². The molecule has 4 nitrogen and oxygen atoms in total. The van der Waals surface area contributed by atoms with Crippen LogP contribution in [0.1, 0.15) is 31.7 Å². The molecule has 0 aliphatic carbocycles. The van der Waals surface area contributed by atoms with Crippen LogP contribution in [0.5, 0.6) is 0 Å². The lowest BCUT2D eigenvalue weighted by Gasteiger charge is -2.39. The fourth-order valence-electron chi connectivity index (χ4n) is 3.04. The van der Waals surface area contributed by atoms with Gasteiger partial charge in [0.1, 0.15) is 0 Å². The first-order valence-corrected chi connectivity index (χ1v) is 7.95. The van der Waals surface area contributed by atoms with Gasteiger partial charge < -0.3 is 10.6 Å². The van der Waals surface area contributed by atoms with Crippen LogP contribution in [0.3, 0.4) is 0 Å². The minimum atomic E-state index is -0.0609. The SMILES string of the molecule is CCC(CN)N1CCN(C(=O)C(C)c2ccccc2)CC1. The molecule has 0 bridgehead atoms. The maximum absolute atomic E-state index is 12.6. The van der Waals surface area contributed by atoms with Gasteiger partial charge in [-0.15, -0.1) is 0 Å². The van der Waals surface area contributed by atoms with Crippen molar-refractivity contribution in [1.82, 2.24) is 9.80 Å². The molecule has 1 heterocycles. The highest BCUT2D eigenvalue weighted by Crippen LogP contribution is 2.19. The molecule has 1 aliphatic rings. The van der Waals surface area contributed by atoms with E-state index in [1.165, 1.54) is 0 Å². The molecule has 1 saturated heterocycles. The number of carbonyl (C=O) groups is 1. The number of hydrogen-bond acceptors (Lipinski definition) is 3. The predicted molar refractivity (Wildman–Crippen MR) is 86.1 cm³/mol. The van der Waals surface area contributed by atoms with Gasteiger partial charge in [0.25, 0.3) is 0 Å². The maximum Gasteiger partial charge on any atom is 0.229 e. The molecule has 0 saturated carbocycles. The highest BCUT2D eigenvalue weighted by atomic mass is 16.2. The first-order chi connectivity index (χ1) is 10.2.